The molecule has 0 bridgehead atoms. The first-order valence-corrected chi connectivity index (χ1v) is 14.9. The number of para-hydroxylation sites is 3. The molecule has 0 N–H and O–H groups in total. The SMILES string of the molecule is CCC(CC)(Cc1cccc(C(CC)(CC)Cc2ccccc2OC(C)=O)c1OC(C)=O)c1ccccc1OC(C)=O. The molecule has 0 atom stereocenters. The summed E-state index contributed by atoms with van der Waals surface area (Å²) in [7, 11) is 0. The molecule has 0 aliphatic heterocycles. The molecule has 3 rings (SSSR count). The summed E-state index contributed by atoms with van der Waals surface area (Å²) in [6.07, 6.45) is 4.31. The number of ether oxygens (including phenoxy) is 3. The van der Waals surface area contributed by atoms with E-state index in [-0.39, 0.29) is 23.3 Å². The highest BCUT2D eigenvalue weighted by Crippen LogP contribution is 2.47. The lowest BCUT2D eigenvalue weighted by Gasteiger charge is -2.37. The number of hydrogen-bond donors (Lipinski definition) is 0. The molecule has 0 unspecified atom stereocenters. The Labute approximate surface area is 250 Å². The Morgan fingerprint density at radius 3 is 1.52 bits per heavy atom. The fourth-order valence-corrected chi connectivity index (χ4v) is 6.14. The van der Waals surface area contributed by atoms with Crippen molar-refractivity contribution in [1.29, 1.82) is 0 Å². The summed E-state index contributed by atoms with van der Waals surface area (Å²) in [5.41, 5.74) is 2.98. The minimum absolute atomic E-state index is 0.365. The van der Waals surface area contributed by atoms with E-state index in [1.807, 2.05) is 60.7 Å². The van der Waals surface area contributed by atoms with E-state index >= 15 is 0 Å². The van der Waals surface area contributed by atoms with Crippen LogP contribution in [0.25, 0.3) is 0 Å². The lowest BCUT2D eigenvalue weighted by atomic mass is 9.68. The van der Waals surface area contributed by atoms with E-state index in [4.69, 9.17) is 14.2 Å². The Hall–Kier alpha value is -3.93. The second kappa shape index (κ2) is 14.3. The maximum absolute atomic E-state index is 12.6. The minimum atomic E-state index is -0.395. The third kappa shape index (κ3) is 7.28. The lowest BCUT2D eigenvalue weighted by molar-refractivity contribution is -0.133. The summed E-state index contributed by atoms with van der Waals surface area (Å²) < 4.78 is 17.3. The molecular formula is C36H44O6. The molecule has 0 aromatic heterocycles. The molecule has 224 valence electrons. The maximum atomic E-state index is 12.6. The van der Waals surface area contributed by atoms with E-state index in [9.17, 15) is 14.4 Å². The van der Waals surface area contributed by atoms with Crippen LogP contribution in [0.1, 0.15) is 96.4 Å². The van der Waals surface area contributed by atoms with Gasteiger partial charge in [-0.15, -0.1) is 0 Å². The largest absolute Gasteiger partial charge is 0.426 e. The van der Waals surface area contributed by atoms with Gasteiger partial charge in [0.15, 0.2) is 0 Å². The molecule has 0 radical (unpaired) electrons. The van der Waals surface area contributed by atoms with Crippen molar-refractivity contribution in [3.05, 3.63) is 89.0 Å². The Balaban J connectivity index is 2.21. The number of esters is 3. The van der Waals surface area contributed by atoms with Gasteiger partial charge in [-0.2, -0.15) is 0 Å². The molecule has 0 aliphatic rings. The van der Waals surface area contributed by atoms with Crippen LogP contribution < -0.4 is 14.2 Å². The Kier molecular flexibility index (Phi) is 11.1. The van der Waals surface area contributed by atoms with Crippen molar-refractivity contribution in [2.75, 3.05) is 0 Å². The molecule has 0 spiro atoms. The summed E-state index contributed by atoms with van der Waals surface area (Å²) in [6, 6.07) is 21.4. The summed E-state index contributed by atoms with van der Waals surface area (Å²) in [4.78, 5) is 36.4. The number of carbonyl (C=O) groups is 3. The quantitative estimate of drug-likeness (QED) is 0.152. The van der Waals surface area contributed by atoms with Crippen LogP contribution in [0.5, 0.6) is 17.2 Å². The summed E-state index contributed by atoms with van der Waals surface area (Å²) in [6.45, 7) is 12.8. The van der Waals surface area contributed by atoms with E-state index in [1.54, 1.807) is 0 Å². The molecule has 0 heterocycles. The molecule has 3 aromatic carbocycles. The second-order valence-electron chi connectivity index (χ2n) is 11.0. The highest BCUT2D eigenvalue weighted by atomic mass is 16.5. The van der Waals surface area contributed by atoms with Crippen LogP contribution in [0.2, 0.25) is 0 Å². The smallest absolute Gasteiger partial charge is 0.308 e. The average molecular weight is 573 g/mol. The van der Waals surface area contributed by atoms with Crippen LogP contribution in [0, 0.1) is 0 Å². The fourth-order valence-electron chi connectivity index (χ4n) is 6.14. The third-order valence-electron chi connectivity index (χ3n) is 8.62. The number of hydrogen-bond acceptors (Lipinski definition) is 6. The molecule has 6 heteroatoms. The molecule has 0 saturated heterocycles. The van der Waals surface area contributed by atoms with Crippen LogP contribution >= 0.6 is 0 Å². The van der Waals surface area contributed by atoms with Gasteiger partial charge in [-0.1, -0.05) is 82.3 Å². The van der Waals surface area contributed by atoms with Gasteiger partial charge < -0.3 is 14.2 Å². The Morgan fingerprint density at radius 2 is 0.952 bits per heavy atom. The van der Waals surface area contributed by atoms with Gasteiger partial charge >= 0.3 is 17.9 Å². The third-order valence-corrected chi connectivity index (χ3v) is 8.62. The molecule has 0 amide bonds. The summed E-state index contributed by atoms with van der Waals surface area (Å²) >= 11 is 0. The van der Waals surface area contributed by atoms with Gasteiger partial charge in [0, 0.05) is 42.7 Å². The van der Waals surface area contributed by atoms with Gasteiger partial charge in [0.25, 0.3) is 0 Å². The van der Waals surface area contributed by atoms with Crippen LogP contribution in [-0.4, -0.2) is 17.9 Å². The highest BCUT2D eigenvalue weighted by Gasteiger charge is 2.37. The molecular weight excluding hydrogens is 528 g/mol. The van der Waals surface area contributed by atoms with Crippen molar-refractivity contribution in [2.45, 2.75) is 97.8 Å². The van der Waals surface area contributed by atoms with Crippen molar-refractivity contribution in [3.8, 4) is 17.2 Å². The Bertz CT molecular complexity index is 1400. The molecule has 0 saturated carbocycles. The van der Waals surface area contributed by atoms with Crippen LogP contribution in [0.3, 0.4) is 0 Å². The van der Waals surface area contributed by atoms with Crippen molar-refractivity contribution in [3.63, 3.8) is 0 Å². The predicted molar refractivity (Wildman–Crippen MR) is 165 cm³/mol. The standard InChI is InChI=1S/C36H44O6/c1-8-35(9-2,30-19-13-15-22-33(30)41-26(6)38)24-29-18-16-20-31(34(29)42-27(7)39)36(10-3,11-4)23-28-17-12-14-21-32(28)40-25(5)37/h12-22H,8-11,23-24H2,1-7H3. The normalized spacial score (nSPS) is 11.6. The van der Waals surface area contributed by atoms with E-state index < -0.39 is 5.41 Å². The van der Waals surface area contributed by atoms with E-state index in [1.165, 1.54) is 20.8 Å². The van der Waals surface area contributed by atoms with Crippen molar-refractivity contribution < 1.29 is 28.6 Å². The molecule has 42 heavy (non-hydrogen) atoms. The van der Waals surface area contributed by atoms with Crippen molar-refractivity contribution in [2.24, 2.45) is 0 Å². The molecule has 0 aliphatic carbocycles. The molecule has 6 nitrogen and oxygen atoms in total. The first kappa shape index (κ1) is 32.6. The first-order valence-electron chi connectivity index (χ1n) is 14.9. The second-order valence-corrected chi connectivity index (χ2v) is 11.0. The lowest BCUT2D eigenvalue weighted by Crippen LogP contribution is -2.31. The van der Waals surface area contributed by atoms with Crippen LogP contribution in [0.15, 0.2) is 66.7 Å². The number of benzene rings is 3. The van der Waals surface area contributed by atoms with Gasteiger partial charge in [0.05, 0.1) is 0 Å². The summed E-state index contributed by atoms with van der Waals surface area (Å²) in [5.74, 6) is 0.555. The zero-order valence-corrected chi connectivity index (χ0v) is 26.0. The zero-order valence-electron chi connectivity index (χ0n) is 26.0. The predicted octanol–water partition coefficient (Wildman–Crippen LogP) is 8.06. The van der Waals surface area contributed by atoms with Gasteiger partial charge in [-0.25, -0.2) is 0 Å². The van der Waals surface area contributed by atoms with E-state index in [0.29, 0.717) is 30.1 Å². The number of carbonyl (C=O) groups excluding carboxylic acids is 3. The van der Waals surface area contributed by atoms with Crippen LogP contribution in [0.4, 0.5) is 0 Å². The van der Waals surface area contributed by atoms with E-state index in [0.717, 1.165) is 47.9 Å². The zero-order chi connectivity index (χ0) is 30.9. The monoisotopic (exact) mass is 572 g/mol. The highest BCUT2D eigenvalue weighted by molar-refractivity contribution is 5.72. The summed E-state index contributed by atoms with van der Waals surface area (Å²) in [5, 5.41) is 0. The topological polar surface area (TPSA) is 78.9 Å². The first-order chi connectivity index (χ1) is 20.0. The van der Waals surface area contributed by atoms with E-state index in [2.05, 4.69) is 33.8 Å². The van der Waals surface area contributed by atoms with Gasteiger partial charge in [-0.05, 0) is 61.8 Å². The Morgan fingerprint density at radius 1 is 0.524 bits per heavy atom. The van der Waals surface area contributed by atoms with Crippen molar-refractivity contribution in [1.82, 2.24) is 0 Å². The molecule has 3 aromatic rings. The maximum Gasteiger partial charge on any atom is 0.308 e. The van der Waals surface area contributed by atoms with Crippen molar-refractivity contribution >= 4 is 17.9 Å². The molecule has 0 fully saturated rings. The van der Waals surface area contributed by atoms with Gasteiger partial charge in [0.2, 0.25) is 0 Å². The fraction of sp³-hybridized carbons (Fsp3) is 0.417. The minimum Gasteiger partial charge on any atom is -0.426 e. The van der Waals surface area contributed by atoms with Crippen LogP contribution in [-0.2, 0) is 38.1 Å². The average Bonchev–Trinajstić information content (AvgIpc) is 2.96. The van der Waals surface area contributed by atoms with Gasteiger partial charge in [-0.3, -0.25) is 14.4 Å². The number of rotatable bonds is 13. The van der Waals surface area contributed by atoms with Gasteiger partial charge in [0.1, 0.15) is 17.2 Å².